The second kappa shape index (κ2) is 15.1. The number of aromatic nitrogens is 5. The number of carbonyl (C=O) groups excluding carboxylic acids is 2. The molecule has 0 bridgehead atoms. The molecule has 2 amide bonds. The molecule has 41 heavy (non-hydrogen) atoms. The second-order valence-corrected chi connectivity index (χ2v) is 9.36. The highest BCUT2D eigenvalue weighted by Crippen LogP contribution is 2.26. The number of carbonyl (C=O) groups is 2. The van der Waals surface area contributed by atoms with E-state index in [1.54, 1.807) is 35.3 Å². The first-order valence-electron chi connectivity index (χ1n) is 13.1. The van der Waals surface area contributed by atoms with Crippen molar-refractivity contribution in [2.75, 3.05) is 51.4 Å². The van der Waals surface area contributed by atoms with Crippen molar-refractivity contribution in [1.29, 1.82) is 0 Å². The van der Waals surface area contributed by atoms with E-state index >= 15 is 0 Å². The first-order valence-corrected chi connectivity index (χ1v) is 13.1. The van der Waals surface area contributed by atoms with Gasteiger partial charge < -0.3 is 25.8 Å². The van der Waals surface area contributed by atoms with Gasteiger partial charge in [-0.3, -0.25) is 14.3 Å². The van der Waals surface area contributed by atoms with Gasteiger partial charge in [0.2, 0.25) is 11.9 Å². The summed E-state index contributed by atoms with van der Waals surface area (Å²) in [5, 5.41) is 17.4. The standard InChI is InChI=1S/C28H35FN10O2/c1-6-13-30-26-22(18-32-28(34-26)33-21-11-8-10-20(29)17-21)23-19-39(36-35-23)16-14-31-27(41)24(7-2)38(5)25(40)12-9-15-37(3)4/h2,8-12,17-19,24H,6,13-16H2,1,3-5H3,(H,31,41)(H2,30,32,33,34)/b12-9+/t24-/m0/s1. The molecule has 0 aliphatic rings. The monoisotopic (exact) mass is 562 g/mol. The maximum atomic E-state index is 13.6. The van der Waals surface area contributed by atoms with Gasteiger partial charge in [0.15, 0.2) is 6.04 Å². The lowest BCUT2D eigenvalue weighted by Crippen LogP contribution is -2.47. The Morgan fingerprint density at radius 2 is 2.05 bits per heavy atom. The Balaban J connectivity index is 1.63. The van der Waals surface area contributed by atoms with Gasteiger partial charge in [-0.05, 0) is 38.7 Å². The topological polar surface area (TPSA) is 133 Å². The number of terminal acetylenes is 1. The lowest BCUT2D eigenvalue weighted by Gasteiger charge is -2.22. The van der Waals surface area contributed by atoms with Crippen LogP contribution in [0, 0.1) is 18.2 Å². The van der Waals surface area contributed by atoms with Gasteiger partial charge in [-0.25, -0.2) is 9.37 Å². The second-order valence-electron chi connectivity index (χ2n) is 9.36. The van der Waals surface area contributed by atoms with Gasteiger partial charge in [0.25, 0.3) is 5.91 Å². The zero-order valence-electron chi connectivity index (χ0n) is 23.6. The molecule has 0 spiro atoms. The van der Waals surface area contributed by atoms with Crippen molar-refractivity contribution < 1.29 is 14.0 Å². The third-order valence-corrected chi connectivity index (χ3v) is 5.74. The molecule has 0 unspecified atom stereocenters. The molecule has 13 heteroatoms. The van der Waals surface area contributed by atoms with Crippen LogP contribution in [0.1, 0.15) is 13.3 Å². The van der Waals surface area contributed by atoms with Crippen molar-refractivity contribution in [2.24, 2.45) is 0 Å². The minimum atomic E-state index is -1.05. The summed E-state index contributed by atoms with van der Waals surface area (Å²) >= 11 is 0. The normalized spacial score (nSPS) is 11.7. The van der Waals surface area contributed by atoms with Crippen molar-refractivity contribution in [3.8, 4) is 23.6 Å². The highest BCUT2D eigenvalue weighted by Gasteiger charge is 2.23. The van der Waals surface area contributed by atoms with E-state index in [2.05, 4.69) is 42.2 Å². The molecule has 12 nitrogen and oxygen atoms in total. The average molecular weight is 563 g/mol. The number of amides is 2. The van der Waals surface area contributed by atoms with E-state index in [-0.39, 0.29) is 18.3 Å². The number of likely N-dealkylation sites (N-methyl/N-ethyl adjacent to an activating group) is 2. The number of halogens is 1. The van der Waals surface area contributed by atoms with Crippen LogP contribution in [0.25, 0.3) is 11.3 Å². The summed E-state index contributed by atoms with van der Waals surface area (Å²) in [5.74, 6) is 2.02. The lowest BCUT2D eigenvalue weighted by atomic mass is 10.2. The zero-order chi connectivity index (χ0) is 29.8. The van der Waals surface area contributed by atoms with Gasteiger partial charge in [-0.15, -0.1) is 11.5 Å². The van der Waals surface area contributed by atoms with E-state index in [1.165, 1.54) is 30.2 Å². The summed E-state index contributed by atoms with van der Waals surface area (Å²) in [7, 11) is 5.25. The molecule has 0 saturated carbocycles. The van der Waals surface area contributed by atoms with Gasteiger partial charge >= 0.3 is 0 Å². The number of benzene rings is 1. The van der Waals surface area contributed by atoms with E-state index in [1.807, 2.05) is 25.9 Å². The summed E-state index contributed by atoms with van der Waals surface area (Å²) in [4.78, 5) is 37.1. The number of hydrogen-bond acceptors (Lipinski definition) is 9. The van der Waals surface area contributed by atoms with Crippen molar-refractivity contribution in [2.45, 2.75) is 25.9 Å². The number of nitrogens with zero attached hydrogens (tertiary/aromatic N) is 7. The molecular weight excluding hydrogens is 527 g/mol. The van der Waals surface area contributed by atoms with Crippen LogP contribution < -0.4 is 16.0 Å². The van der Waals surface area contributed by atoms with E-state index in [9.17, 15) is 14.0 Å². The fraction of sp³-hybridized carbons (Fsp3) is 0.357. The Morgan fingerprint density at radius 1 is 1.24 bits per heavy atom. The van der Waals surface area contributed by atoms with Gasteiger partial charge in [0.1, 0.15) is 17.3 Å². The van der Waals surface area contributed by atoms with E-state index in [4.69, 9.17) is 6.42 Å². The number of rotatable bonds is 14. The van der Waals surface area contributed by atoms with Crippen molar-refractivity contribution in [3.63, 3.8) is 0 Å². The van der Waals surface area contributed by atoms with E-state index in [0.29, 0.717) is 48.3 Å². The number of anilines is 3. The third-order valence-electron chi connectivity index (χ3n) is 5.74. The maximum Gasteiger partial charge on any atom is 0.255 e. The third kappa shape index (κ3) is 9.11. The van der Waals surface area contributed by atoms with Crippen LogP contribution in [-0.2, 0) is 16.1 Å². The van der Waals surface area contributed by atoms with Crippen LogP contribution in [-0.4, -0.2) is 93.4 Å². The molecule has 0 aliphatic carbocycles. The Kier molecular flexibility index (Phi) is 11.3. The molecule has 2 aromatic heterocycles. The predicted octanol–water partition coefficient (Wildman–Crippen LogP) is 2.13. The minimum Gasteiger partial charge on any atom is -0.369 e. The SMILES string of the molecule is C#C[C@@H](C(=O)NCCn1cc(-c2cnc(Nc3cccc(F)c3)nc2NCCC)nn1)N(C)C(=O)/C=C/CN(C)C. The lowest BCUT2D eigenvalue weighted by molar-refractivity contribution is -0.133. The van der Waals surface area contributed by atoms with Crippen molar-refractivity contribution in [1.82, 2.24) is 40.1 Å². The van der Waals surface area contributed by atoms with Gasteiger partial charge in [0.05, 0.1) is 18.3 Å². The molecule has 216 valence electrons. The number of nitrogens with one attached hydrogen (secondary N) is 3. The maximum absolute atomic E-state index is 13.6. The quantitative estimate of drug-likeness (QED) is 0.200. The van der Waals surface area contributed by atoms with Crippen LogP contribution in [0.3, 0.4) is 0 Å². The number of hydrogen-bond donors (Lipinski definition) is 3. The van der Waals surface area contributed by atoms with Crippen LogP contribution in [0.4, 0.5) is 21.8 Å². The van der Waals surface area contributed by atoms with Crippen LogP contribution >= 0.6 is 0 Å². The molecule has 3 N–H and O–H groups in total. The molecule has 0 aliphatic heterocycles. The van der Waals surface area contributed by atoms with Gasteiger partial charge in [-0.2, -0.15) is 4.98 Å². The molecule has 3 rings (SSSR count). The average Bonchev–Trinajstić information content (AvgIpc) is 3.40. The molecule has 0 radical (unpaired) electrons. The van der Waals surface area contributed by atoms with Gasteiger partial charge in [-0.1, -0.05) is 30.2 Å². The molecule has 0 saturated heterocycles. The van der Waals surface area contributed by atoms with E-state index in [0.717, 1.165) is 6.42 Å². The van der Waals surface area contributed by atoms with Crippen molar-refractivity contribution in [3.05, 3.63) is 54.6 Å². The molecule has 0 fully saturated rings. The highest BCUT2D eigenvalue weighted by molar-refractivity contribution is 5.94. The van der Waals surface area contributed by atoms with Crippen LogP contribution in [0.15, 0.2) is 48.8 Å². The smallest absolute Gasteiger partial charge is 0.255 e. The minimum absolute atomic E-state index is 0.215. The summed E-state index contributed by atoms with van der Waals surface area (Å²) < 4.78 is 15.1. The zero-order valence-corrected chi connectivity index (χ0v) is 23.6. The summed E-state index contributed by atoms with van der Waals surface area (Å²) in [6.07, 6.45) is 12.8. The Labute approximate surface area is 239 Å². The highest BCUT2D eigenvalue weighted by atomic mass is 19.1. The Bertz CT molecular complexity index is 1400. The summed E-state index contributed by atoms with van der Waals surface area (Å²) in [6.45, 7) is 3.82. The van der Waals surface area contributed by atoms with Crippen LogP contribution in [0.2, 0.25) is 0 Å². The predicted molar refractivity (Wildman–Crippen MR) is 156 cm³/mol. The summed E-state index contributed by atoms with van der Waals surface area (Å²) in [5.41, 5.74) is 1.69. The van der Waals surface area contributed by atoms with Crippen LogP contribution in [0.5, 0.6) is 0 Å². The molecular formula is C28H35FN10O2. The largest absolute Gasteiger partial charge is 0.369 e. The first kappa shape index (κ1) is 30.7. The molecule has 1 aromatic carbocycles. The van der Waals surface area contributed by atoms with Crippen molar-refractivity contribution >= 4 is 29.3 Å². The Hall–Kier alpha value is -4.83. The summed E-state index contributed by atoms with van der Waals surface area (Å²) in [6, 6.07) is 4.97. The first-order chi connectivity index (χ1) is 19.7. The fourth-order valence-electron chi connectivity index (χ4n) is 3.60. The Morgan fingerprint density at radius 3 is 2.76 bits per heavy atom. The van der Waals surface area contributed by atoms with Gasteiger partial charge in [0, 0.05) is 44.6 Å². The fourth-order valence-corrected chi connectivity index (χ4v) is 3.60. The molecule has 1 atom stereocenters. The molecule has 2 heterocycles. The van der Waals surface area contributed by atoms with E-state index < -0.39 is 11.9 Å². The molecule has 3 aromatic rings.